The standard InChI is InChI=1S/C17H20N4O5S/c1-26-13-9-11(21(24)25)5-6-12(13)18-15(22)10-14-16(23)19-17(27-14)20-7-3-2-4-8-20/h5-6,9,14H,2-4,7-8,10H2,1H3,(H,18,22)/t14-/m0/s1. The number of ether oxygens (including phenoxy) is 1. The van der Waals surface area contributed by atoms with Gasteiger partial charge in [0.15, 0.2) is 5.17 Å². The number of nitro benzene ring substituents is 1. The van der Waals surface area contributed by atoms with Crippen molar-refractivity contribution in [3.05, 3.63) is 28.3 Å². The molecule has 2 amide bonds. The number of amidine groups is 1. The Morgan fingerprint density at radius 1 is 1.41 bits per heavy atom. The van der Waals surface area contributed by atoms with Crippen LogP contribution in [0.4, 0.5) is 11.4 Å². The van der Waals surface area contributed by atoms with Crippen LogP contribution in [0.3, 0.4) is 0 Å². The van der Waals surface area contributed by atoms with E-state index in [-0.39, 0.29) is 29.7 Å². The van der Waals surface area contributed by atoms with Crippen LogP contribution in [0.2, 0.25) is 0 Å². The Kier molecular flexibility index (Phi) is 5.94. The Morgan fingerprint density at radius 3 is 2.81 bits per heavy atom. The summed E-state index contributed by atoms with van der Waals surface area (Å²) < 4.78 is 5.10. The number of methoxy groups -OCH3 is 1. The average Bonchev–Trinajstić information content (AvgIpc) is 3.03. The van der Waals surface area contributed by atoms with E-state index in [4.69, 9.17) is 4.74 Å². The van der Waals surface area contributed by atoms with Crippen molar-refractivity contribution in [2.24, 2.45) is 4.99 Å². The molecule has 10 heteroatoms. The number of non-ortho nitro benzene ring substituents is 1. The molecule has 3 rings (SSSR count). The maximum Gasteiger partial charge on any atom is 0.273 e. The van der Waals surface area contributed by atoms with Gasteiger partial charge < -0.3 is 15.0 Å². The summed E-state index contributed by atoms with van der Waals surface area (Å²) in [5, 5.41) is 13.6. The van der Waals surface area contributed by atoms with Crippen molar-refractivity contribution >= 4 is 40.1 Å². The smallest absolute Gasteiger partial charge is 0.273 e. The number of amides is 2. The van der Waals surface area contributed by atoms with Crippen LogP contribution >= 0.6 is 11.8 Å². The Balaban J connectivity index is 1.60. The zero-order valence-corrected chi connectivity index (χ0v) is 15.7. The highest BCUT2D eigenvalue weighted by molar-refractivity contribution is 8.15. The summed E-state index contributed by atoms with van der Waals surface area (Å²) in [6.45, 7) is 1.77. The van der Waals surface area contributed by atoms with Crippen molar-refractivity contribution in [2.75, 3.05) is 25.5 Å². The largest absolute Gasteiger partial charge is 0.494 e. The molecule has 1 atom stereocenters. The lowest BCUT2D eigenvalue weighted by Crippen LogP contribution is -2.33. The van der Waals surface area contributed by atoms with Gasteiger partial charge in [-0.15, -0.1) is 0 Å². The van der Waals surface area contributed by atoms with Crippen molar-refractivity contribution in [1.82, 2.24) is 4.90 Å². The quantitative estimate of drug-likeness (QED) is 0.604. The number of rotatable bonds is 5. The fourth-order valence-corrected chi connectivity index (χ4v) is 4.11. The molecule has 0 unspecified atom stereocenters. The number of likely N-dealkylation sites (tertiary alicyclic amines) is 1. The molecule has 2 heterocycles. The lowest BCUT2D eigenvalue weighted by atomic mass is 10.1. The second kappa shape index (κ2) is 8.38. The molecule has 2 aliphatic rings. The van der Waals surface area contributed by atoms with Crippen molar-refractivity contribution < 1.29 is 19.2 Å². The van der Waals surface area contributed by atoms with Crippen LogP contribution in [-0.4, -0.2) is 52.3 Å². The number of hydrogen-bond acceptors (Lipinski definition) is 7. The van der Waals surface area contributed by atoms with E-state index in [0.29, 0.717) is 10.9 Å². The fraction of sp³-hybridized carbons (Fsp3) is 0.471. The summed E-state index contributed by atoms with van der Waals surface area (Å²) in [4.78, 5) is 41.0. The molecule has 0 spiro atoms. The van der Waals surface area contributed by atoms with Gasteiger partial charge in [0, 0.05) is 25.6 Å². The first-order valence-corrected chi connectivity index (χ1v) is 9.52. The van der Waals surface area contributed by atoms with E-state index < -0.39 is 10.2 Å². The van der Waals surface area contributed by atoms with Crippen LogP contribution in [0.15, 0.2) is 23.2 Å². The number of benzene rings is 1. The number of aliphatic imine (C=N–C) groups is 1. The minimum Gasteiger partial charge on any atom is -0.494 e. The highest BCUT2D eigenvalue weighted by atomic mass is 32.2. The number of thioether (sulfide) groups is 1. The molecule has 27 heavy (non-hydrogen) atoms. The summed E-state index contributed by atoms with van der Waals surface area (Å²) in [6.07, 6.45) is 3.33. The Bertz CT molecular complexity index is 792. The lowest BCUT2D eigenvalue weighted by molar-refractivity contribution is -0.384. The van der Waals surface area contributed by atoms with Gasteiger partial charge >= 0.3 is 0 Å². The van der Waals surface area contributed by atoms with Crippen molar-refractivity contribution in [1.29, 1.82) is 0 Å². The number of anilines is 1. The van der Waals surface area contributed by atoms with E-state index >= 15 is 0 Å². The molecule has 1 saturated heterocycles. The first-order chi connectivity index (χ1) is 13.0. The highest BCUT2D eigenvalue weighted by Gasteiger charge is 2.33. The van der Waals surface area contributed by atoms with Gasteiger partial charge in [-0.1, -0.05) is 11.8 Å². The average molecular weight is 392 g/mol. The monoisotopic (exact) mass is 392 g/mol. The van der Waals surface area contributed by atoms with E-state index in [1.165, 1.54) is 43.5 Å². The molecule has 1 fully saturated rings. The second-order valence-electron chi connectivity index (χ2n) is 6.28. The molecule has 144 valence electrons. The maximum atomic E-state index is 12.4. The lowest BCUT2D eigenvalue weighted by Gasteiger charge is -2.27. The molecule has 9 nitrogen and oxygen atoms in total. The van der Waals surface area contributed by atoms with Gasteiger partial charge in [0.2, 0.25) is 5.91 Å². The third-order valence-electron chi connectivity index (χ3n) is 4.40. The third kappa shape index (κ3) is 4.57. The number of nitro groups is 1. The molecular weight excluding hydrogens is 372 g/mol. The summed E-state index contributed by atoms with van der Waals surface area (Å²) in [5.74, 6) is -0.484. The van der Waals surface area contributed by atoms with Gasteiger partial charge in [-0.05, 0) is 25.3 Å². The van der Waals surface area contributed by atoms with Crippen LogP contribution in [0.1, 0.15) is 25.7 Å². The Morgan fingerprint density at radius 2 is 2.15 bits per heavy atom. The number of nitrogens with one attached hydrogen (secondary N) is 1. The zero-order chi connectivity index (χ0) is 19.4. The van der Waals surface area contributed by atoms with Crippen LogP contribution in [0, 0.1) is 10.1 Å². The summed E-state index contributed by atoms with van der Waals surface area (Å²) in [7, 11) is 1.36. The number of carbonyl (C=O) groups excluding carboxylic acids is 2. The first kappa shape index (κ1) is 19.2. The summed E-state index contributed by atoms with van der Waals surface area (Å²) in [6, 6.07) is 3.93. The molecule has 0 saturated carbocycles. The van der Waals surface area contributed by atoms with Crippen molar-refractivity contribution in [2.45, 2.75) is 30.9 Å². The molecule has 1 N–H and O–H groups in total. The third-order valence-corrected chi connectivity index (χ3v) is 5.61. The zero-order valence-electron chi connectivity index (χ0n) is 14.8. The first-order valence-electron chi connectivity index (χ1n) is 8.64. The van der Waals surface area contributed by atoms with E-state index in [1.54, 1.807) is 0 Å². The Labute approximate surface area is 160 Å². The van der Waals surface area contributed by atoms with E-state index in [9.17, 15) is 19.7 Å². The summed E-state index contributed by atoms with van der Waals surface area (Å²) in [5.41, 5.74) is 0.187. The highest BCUT2D eigenvalue weighted by Crippen LogP contribution is 2.31. The van der Waals surface area contributed by atoms with Gasteiger partial charge in [0.05, 0.1) is 23.8 Å². The molecule has 1 aromatic carbocycles. The van der Waals surface area contributed by atoms with Crippen molar-refractivity contribution in [3.8, 4) is 5.75 Å². The number of piperidine rings is 1. The normalized spacial score (nSPS) is 19.6. The fourth-order valence-electron chi connectivity index (χ4n) is 3.00. The summed E-state index contributed by atoms with van der Waals surface area (Å²) >= 11 is 1.33. The van der Waals surface area contributed by atoms with Gasteiger partial charge in [-0.25, -0.2) is 0 Å². The predicted molar refractivity (Wildman–Crippen MR) is 102 cm³/mol. The van der Waals surface area contributed by atoms with Gasteiger partial charge in [0.1, 0.15) is 11.0 Å². The number of nitrogens with zero attached hydrogens (tertiary/aromatic N) is 3. The van der Waals surface area contributed by atoms with E-state index in [1.807, 2.05) is 0 Å². The van der Waals surface area contributed by atoms with Gasteiger partial charge in [0.25, 0.3) is 11.6 Å². The van der Waals surface area contributed by atoms with Gasteiger partial charge in [-0.3, -0.25) is 19.7 Å². The topological polar surface area (TPSA) is 114 Å². The SMILES string of the molecule is COc1cc([N+](=O)[O-])ccc1NC(=O)C[C@@H]1SC(N2CCCCC2)=NC1=O. The van der Waals surface area contributed by atoms with E-state index in [2.05, 4.69) is 15.2 Å². The Hall–Kier alpha value is -2.62. The molecule has 0 bridgehead atoms. The molecule has 0 aromatic heterocycles. The van der Waals surface area contributed by atoms with Crippen LogP contribution in [-0.2, 0) is 9.59 Å². The molecule has 1 aromatic rings. The minimum atomic E-state index is -0.550. The molecule has 2 aliphatic heterocycles. The molecular formula is C17H20N4O5S. The van der Waals surface area contributed by atoms with Crippen LogP contribution in [0.5, 0.6) is 5.75 Å². The molecule has 0 aliphatic carbocycles. The van der Waals surface area contributed by atoms with Gasteiger partial charge in [-0.2, -0.15) is 4.99 Å². The number of hydrogen-bond donors (Lipinski definition) is 1. The predicted octanol–water partition coefficient (Wildman–Crippen LogP) is 2.42. The minimum absolute atomic E-state index is 0.0233. The number of carbonyl (C=O) groups is 2. The van der Waals surface area contributed by atoms with Crippen LogP contribution < -0.4 is 10.1 Å². The molecule has 0 radical (unpaired) electrons. The van der Waals surface area contributed by atoms with Crippen LogP contribution in [0.25, 0.3) is 0 Å². The second-order valence-corrected chi connectivity index (χ2v) is 7.45. The van der Waals surface area contributed by atoms with E-state index in [0.717, 1.165) is 25.9 Å². The van der Waals surface area contributed by atoms with Crippen molar-refractivity contribution in [3.63, 3.8) is 0 Å². The maximum absolute atomic E-state index is 12.4.